The van der Waals surface area contributed by atoms with Gasteiger partial charge in [0.1, 0.15) is 4.83 Å². The molecule has 2 heterocycles. The number of nitrogens with zero attached hydrogens (tertiary/aromatic N) is 2. The quantitative estimate of drug-likeness (QED) is 0.682. The third-order valence-electron chi connectivity index (χ3n) is 4.03. The van der Waals surface area contributed by atoms with E-state index in [1.807, 2.05) is 6.92 Å². The van der Waals surface area contributed by atoms with Gasteiger partial charge < -0.3 is 14.6 Å². The Morgan fingerprint density at radius 3 is 2.63 bits per heavy atom. The predicted molar refractivity (Wildman–Crippen MR) is 105 cm³/mol. The second-order valence-corrected chi connectivity index (χ2v) is 7.06. The minimum atomic E-state index is -0.392. The standard InChI is InChI=1S/C19H19N3O4S/c1-4-9-26-19(25)12-5-7-13(8-6-12)21-16(23)15-11(2)14-17(27-15)20-10-22(3)18(14)24/h5-8,10H,4,9H2,1-3H3,(H,21,23). The van der Waals surface area contributed by atoms with Crippen LogP contribution < -0.4 is 10.9 Å². The maximum absolute atomic E-state index is 12.6. The molecule has 0 spiro atoms. The molecule has 3 aromatic rings. The summed E-state index contributed by atoms with van der Waals surface area (Å²) in [4.78, 5) is 41.9. The molecule has 0 saturated carbocycles. The normalized spacial score (nSPS) is 10.8. The second kappa shape index (κ2) is 7.71. The minimum absolute atomic E-state index is 0.178. The summed E-state index contributed by atoms with van der Waals surface area (Å²) in [5.41, 5.74) is 1.40. The first-order valence-electron chi connectivity index (χ1n) is 8.45. The average molecular weight is 385 g/mol. The van der Waals surface area contributed by atoms with Crippen molar-refractivity contribution in [3.63, 3.8) is 0 Å². The highest BCUT2D eigenvalue weighted by atomic mass is 32.1. The summed E-state index contributed by atoms with van der Waals surface area (Å²) >= 11 is 1.18. The van der Waals surface area contributed by atoms with Gasteiger partial charge in [-0.15, -0.1) is 11.3 Å². The number of rotatable bonds is 5. The van der Waals surface area contributed by atoms with E-state index in [0.29, 0.717) is 38.5 Å². The number of fused-ring (bicyclic) bond motifs is 1. The van der Waals surface area contributed by atoms with Crippen LogP contribution in [0.25, 0.3) is 10.2 Å². The second-order valence-electron chi connectivity index (χ2n) is 6.06. The van der Waals surface area contributed by atoms with Gasteiger partial charge in [-0.3, -0.25) is 9.59 Å². The molecule has 0 atom stereocenters. The number of esters is 1. The number of ether oxygens (including phenoxy) is 1. The van der Waals surface area contributed by atoms with E-state index < -0.39 is 5.97 Å². The molecule has 3 rings (SSSR count). The Morgan fingerprint density at radius 1 is 1.26 bits per heavy atom. The van der Waals surface area contributed by atoms with Crippen LogP contribution >= 0.6 is 11.3 Å². The fraction of sp³-hybridized carbons (Fsp3) is 0.263. The third-order valence-corrected chi connectivity index (χ3v) is 5.23. The van der Waals surface area contributed by atoms with Crippen LogP contribution in [0, 0.1) is 6.92 Å². The summed E-state index contributed by atoms with van der Waals surface area (Å²) in [7, 11) is 1.62. The Hall–Kier alpha value is -3.00. The largest absolute Gasteiger partial charge is 0.462 e. The van der Waals surface area contributed by atoms with Crippen LogP contribution in [0.15, 0.2) is 35.4 Å². The topological polar surface area (TPSA) is 90.3 Å². The number of hydrogen-bond donors (Lipinski definition) is 1. The SMILES string of the molecule is CCCOC(=O)c1ccc(NC(=O)c2sc3ncn(C)c(=O)c3c2C)cc1. The maximum Gasteiger partial charge on any atom is 0.338 e. The summed E-state index contributed by atoms with van der Waals surface area (Å²) in [5.74, 6) is -0.712. The zero-order valence-electron chi connectivity index (χ0n) is 15.2. The molecule has 0 fully saturated rings. The molecule has 0 radical (unpaired) electrons. The fourth-order valence-electron chi connectivity index (χ4n) is 2.58. The number of carbonyl (C=O) groups is 2. The Balaban J connectivity index is 1.81. The molecule has 0 unspecified atom stereocenters. The van der Waals surface area contributed by atoms with Crippen molar-refractivity contribution in [2.24, 2.45) is 7.05 Å². The van der Waals surface area contributed by atoms with Crippen LogP contribution in [0.3, 0.4) is 0 Å². The lowest BCUT2D eigenvalue weighted by atomic mass is 10.2. The van der Waals surface area contributed by atoms with Crippen molar-refractivity contribution in [3.05, 3.63) is 57.0 Å². The summed E-state index contributed by atoms with van der Waals surface area (Å²) in [6.07, 6.45) is 2.20. The van der Waals surface area contributed by atoms with E-state index in [2.05, 4.69) is 10.3 Å². The molecule has 27 heavy (non-hydrogen) atoms. The lowest BCUT2D eigenvalue weighted by molar-refractivity contribution is 0.0505. The highest BCUT2D eigenvalue weighted by Crippen LogP contribution is 2.27. The Kier molecular flexibility index (Phi) is 5.36. The van der Waals surface area contributed by atoms with Gasteiger partial charge in [0, 0.05) is 12.7 Å². The van der Waals surface area contributed by atoms with Gasteiger partial charge in [-0.25, -0.2) is 9.78 Å². The molecule has 0 aliphatic carbocycles. The number of aromatic nitrogens is 2. The monoisotopic (exact) mass is 385 g/mol. The first kappa shape index (κ1) is 18.8. The number of carbonyl (C=O) groups excluding carboxylic acids is 2. The molecular weight excluding hydrogens is 366 g/mol. The molecule has 0 aliphatic heterocycles. The first-order chi connectivity index (χ1) is 12.9. The van der Waals surface area contributed by atoms with Crippen molar-refractivity contribution in [1.82, 2.24) is 9.55 Å². The number of nitrogens with one attached hydrogen (secondary N) is 1. The molecular formula is C19H19N3O4S. The molecule has 1 amide bonds. The van der Waals surface area contributed by atoms with E-state index in [0.717, 1.165) is 6.42 Å². The van der Waals surface area contributed by atoms with Crippen molar-refractivity contribution < 1.29 is 14.3 Å². The van der Waals surface area contributed by atoms with Crippen LogP contribution in [0.1, 0.15) is 38.9 Å². The van der Waals surface area contributed by atoms with Crippen LogP contribution in [-0.2, 0) is 11.8 Å². The smallest absolute Gasteiger partial charge is 0.338 e. The lowest BCUT2D eigenvalue weighted by Crippen LogP contribution is -2.17. The van der Waals surface area contributed by atoms with Gasteiger partial charge in [0.05, 0.1) is 28.8 Å². The Morgan fingerprint density at radius 2 is 1.96 bits per heavy atom. The molecule has 1 aromatic carbocycles. The van der Waals surface area contributed by atoms with Gasteiger partial charge in [0.25, 0.3) is 11.5 Å². The first-order valence-corrected chi connectivity index (χ1v) is 9.27. The van der Waals surface area contributed by atoms with Gasteiger partial charge in [-0.2, -0.15) is 0 Å². The van der Waals surface area contributed by atoms with E-state index in [1.54, 1.807) is 38.2 Å². The number of anilines is 1. The van der Waals surface area contributed by atoms with Gasteiger partial charge >= 0.3 is 5.97 Å². The van der Waals surface area contributed by atoms with Crippen molar-refractivity contribution in [1.29, 1.82) is 0 Å². The summed E-state index contributed by atoms with van der Waals surface area (Å²) in [5, 5.41) is 3.25. The van der Waals surface area contributed by atoms with Gasteiger partial charge in [-0.05, 0) is 43.2 Å². The van der Waals surface area contributed by atoms with E-state index in [9.17, 15) is 14.4 Å². The summed E-state index contributed by atoms with van der Waals surface area (Å²) in [6.45, 7) is 4.03. The summed E-state index contributed by atoms with van der Waals surface area (Å²) < 4.78 is 6.46. The number of thiophene rings is 1. The number of hydrogen-bond acceptors (Lipinski definition) is 6. The zero-order chi connectivity index (χ0) is 19.6. The average Bonchev–Trinajstić information content (AvgIpc) is 3.00. The maximum atomic E-state index is 12.6. The number of benzene rings is 1. The van der Waals surface area contributed by atoms with E-state index in [1.165, 1.54) is 22.2 Å². The fourth-order valence-corrected chi connectivity index (χ4v) is 3.62. The number of aryl methyl sites for hydroxylation is 2. The van der Waals surface area contributed by atoms with Crippen molar-refractivity contribution in [2.45, 2.75) is 20.3 Å². The molecule has 140 valence electrons. The van der Waals surface area contributed by atoms with Crippen molar-refractivity contribution >= 4 is 39.1 Å². The molecule has 0 saturated heterocycles. The zero-order valence-corrected chi connectivity index (χ0v) is 16.1. The van der Waals surface area contributed by atoms with E-state index in [-0.39, 0.29) is 11.5 Å². The molecule has 1 N–H and O–H groups in total. The highest BCUT2D eigenvalue weighted by Gasteiger charge is 2.19. The van der Waals surface area contributed by atoms with Crippen LogP contribution in [0.2, 0.25) is 0 Å². The van der Waals surface area contributed by atoms with Crippen molar-refractivity contribution in [3.8, 4) is 0 Å². The molecule has 7 nitrogen and oxygen atoms in total. The highest BCUT2D eigenvalue weighted by molar-refractivity contribution is 7.20. The molecule has 0 bridgehead atoms. The van der Waals surface area contributed by atoms with Gasteiger partial charge in [0.15, 0.2) is 0 Å². The van der Waals surface area contributed by atoms with E-state index in [4.69, 9.17) is 4.74 Å². The third kappa shape index (κ3) is 3.75. The van der Waals surface area contributed by atoms with Crippen LogP contribution in [0.5, 0.6) is 0 Å². The predicted octanol–water partition coefficient (Wildman–Crippen LogP) is 3.12. The number of amides is 1. The molecule has 8 heteroatoms. The minimum Gasteiger partial charge on any atom is -0.462 e. The lowest BCUT2D eigenvalue weighted by Gasteiger charge is -2.06. The Bertz CT molecular complexity index is 1070. The Labute approximate surface area is 159 Å². The summed E-state index contributed by atoms with van der Waals surface area (Å²) in [6, 6.07) is 6.48. The van der Waals surface area contributed by atoms with Gasteiger partial charge in [-0.1, -0.05) is 6.92 Å². The van der Waals surface area contributed by atoms with Crippen LogP contribution in [-0.4, -0.2) is 28.0 Å². The van der Waals surface area contributed by atoms with Crippen LogP contribution in [0.4, 0.5) is 5.69 Å². The van der Waals surface area contributed by atoms with E-state index >= 15 is 0 Å². The molecule has 0 aliphatic rings. The van der Waals surface area contributed by atoms with Gasteiger partial charge in [0.2, 0.25) is 0 Å². The van der Waals surface area contributed by atoms with Crippen molar-refractivity contribution in [2.75, 3.05) is 11.9 Å². The molecule has 2 aromatic heterocycles.